The van der Waals surface area contributed by atoms with E-state index in [-0.39, 0.29) is 11.9 Å². The summed E-state index contributed by atoms with van der Waals surface area (Å²) in [4.78, 5) is 14.3. The van der Waals surface area contributed by atoms with Gasteiger partial charge in [-0.2, -0.15) is 12.6 Å². The molecule has 1 aromatic carbocycles. The summed E-state index contributed by atoms with van der Waals surface area (Å²) in [5, 5.41) is 0. The molecule has 0 N–H and O–H groups in total. The van der Waals surface area contributed by atoms with Crippen molar-refractivity contribution in [3.05, 3.63) is 29.8 Å². The summed E-state index contributed by atoms with van der Waals surface area (Å²) >= 11 is 4.31. The predicted molar refractivity (Wildman–Crippen MR) is 70.9 cm³/mol. The predicted octanol–water partition coefficient (Wildman–Crippen LogP) is 2.23. The van der Waals surface area contributed by atoms with E-state index in [0.29, 0.717) is 11.3 Å². The summed E-state index contributed by atoms with van der Waals surface area (Å²) in [7, 11) is 1.59. The molecule has 2 rings (SSSR count). The fourth-order valence-electron chi connectivity index (χ4n) is 2.27. The number of thiol groups is 1. The molecule has 1 aliphatic rings. The Balaban J connectivity index is 2.24. The number of likely N-dealkylation sites (tertiary alicyclic amines) is 1. The lowest BCUT2D eigenvalue weighted by molar-refractivity contribution is 0.0746. The van der Waals surface area contributed by atoms with Crippen molar-refractivity contribution in [3.63, 3.8) is 0 Å². The van der Waals surface area contributed by atoms with E-state index in [0.717, 1.165) is 25.1 Å². The lowest BCUT2D eigenvalue weighted by atomic mass is 10.1. The van der Waals surface area contributed by atoms with Crippen LogP contribution in [0.4, 0.5) is 0 Å². The first-order valence-electron chi connectivity index (χ1n) is 5.82. The van der Waals surface area contributed by atoms with E-state index in [2.05, 4.69) is 12.6 Å². The Labute approximate surface area is 107 Å². The van der Waals surface area contributed by atoms with Gasteiger partial charge in [0.1, 0.15) is 5.75 Å². The zero-order chi connectivity index (χ0) is 12.3. The number of amides is 1. The zero-order valence-electron chi connectivity index (χ0n) is 9.93. The third-order valence-corrected chi connectivity index (χ3v) is 3.61. The van der Waals surface area contributed by atoms with Crippen molar-refractivity contribution in [2.45, 2.75) is 18.9 Å². The van der Waals surface area contributed by atoms with Gasteiger partial charge >= 0.3 is 0 Å². The van der Waals surface area contributed by atoms with Gasteiger partial charge in [-0.3, -0.25) is 4.79 Å². The minimum atomic E-state index is 0.0546. The molecule has 1 amide bonds. The number of para-hydroxylation sites is 1. The van der Waals surface area contributed by atoms with E-state index < -0.39 is 0 Å². The molecule has 0 unspecified atom stereocenters. The Morgan fingerprint density at radius 3 is 3.00 bits per heavy atom. The second kappa shape index (κ2) is 5.45. The fraction of sp³-hybridized carbons (Fsp3) is 0.462. The van der Waals surface area contributed by atoms with Crippen LogP contribution in [0.5, 0.6) is 5.75 Å². The van der Waals surface area contributed by atoms with Gasteiger partial charge in [0.25, 0.3) is 5.91 Å². The Kier molecular flexibility index (Phi) is 3.94. The maximum atomic E-state index is 12.4. The van der Waals surface area contributed by atoms with E-state index in [1.165, 1.54) is 0 Å². The molecule has 3 nitrogen and oxygen atoms in total. The standard InChI is InChI=1S/C13H17NO2S/c1-16-12-7-3-2-6-11(12)13(15)14-8-4-5-10(14)9-17/h2-3,6-7,10,17H,4-5,8-9H2,1H3/t10-/m0/s1. The van der Waals surface area contributed by atoms with Gasteiger partial charge < -0.3 is 9.64 Å². The quantitative estimate of drug-likeness (QED) is 0.835. The second-order valence-electron chi connectivity index (χ2n) is 4.18. The molecular weight excluding hydrogens is 234 g/mol. The van der Waals surface area contributed by atoms with Crippen molar-refractivity contribution >= 4 is 18.5 Å². The molecule has 92 valence electrons. The number of benzene rings is 1. The third kappa shape index (κ3) is 2.41. The highest BCUT2D eigenvalue weighted by molar-refractivity contribution is 7.80. The monoisotopic (exact) mass is 251 g/mol. The lowest BCUT2D eigenvalue weighted by Crippen LogP contribution is -2.36. The molecular formula is C13H17NO2S. The van der Waals surface area contributed by atoms with Crippen LogP contribution >= 0.6 is 12.6 Å². The molecule has 0 radical (unpaired) electrons. The molecule has 1 saturated heterocycles. The minimum Gasteiger partial charge on any atom is -0.496 e. The van der Waals surface area contributed by atoms with Crippen LogP contribution in [0.3, 0.4) is 0 Å². The first-order valence-corrected chi connectivity index (χ1v) is 6.46. The normalized spacial score (nSPS) is 19.4. The van der Waals surface area contributed by atoms with Gasteiger partial charge in [0.15, 0.2) is 0 Å². The van der Waals surface area contributed by atoms with Crippen molar-refractivity contribution < 1.29 is 9.53 Å². The molecule has 0 spiro atoms. The number of carbonyl (C=O) groups is 1. The summed E-state index contributed by atoms with van der Waals surface area (Å²) < 4.78 is 5.23. The second-order valence-corrected chi connectivity index (χ2v) is 4.54. The number of carbonyl (C=O) groups excluding carboxylic acids is 1. The van der Waals surface area contributed by atoms with Crippen LogP contribution in [-0.4, -0.2) is 36.3 Å². The van der Waals surface area contributed by atoms with E-state index in [9.17, 15) is 4.79 Å². The van der Waals surface area contributed by atoms with Gasteiger partial charge in [0, 0.05) is 18.3 Å². The van der Waals surface area contributed by atoms with Crippen molar-refractivity contribution in [2.24, 2.45) is 0 Å². The van der Waals surface area contributed by atoms with Gasteiger partial charge in [-0.1, -0.05) is 12.1 Å². The van der Waals surface area contributed by atoms with E-state index in [1.54, 1.807) is 7.11 Å². The number of nitrogens with zero attached hydrogens (tertiary/aromatic N) is 1. The van der Waals surface area contributed by atoms with Crippen molar-refractivity contribution in [1.29, 1.82) is 0 Å². The molecule has 1 atom stereocenters. The highest BCUT2D eigenvalue weighted by Gasteiger charge is 2.29. The summed E-state index contributed by atoms with van der Waals surface area (Å²) in [6.07, 6.45) is 2.11. The topological polar surface area (TPSA) is 29.5 Å². The van der Waals surface area contributed by atoms with Crippen LogP contribution in [0.15, 0.2) is 24.3 Å². The SMILES string of the molecule is COc1ccccc1C(=O)N1CCC[C@H]1CS. The van der Waals surface area contributed by atoms with Crippen LogP contribution in [0.25, 0.3) is 0 Å². The van der Waals surface area contributed by atoms with Crippen molar-refractivity contribution in [2.75, 3.05) is 19.4 Å². The van der Waals surface area contributed by atoms with E-state index in [4.69, 9.17) is 4.74 Å². The molecule has 0 saturated carbocycles. The molecule has 0 aromatic heterocycles. The number of hydrogen-bond acceptors (Lipinski definition) is 3. The minimum absolute atomic E-state index is 0.0546. The van der Waals surface area contributed by atoms with Crippen LogP contribution in [-0.2, 0) is 0 Å². The Morgan fingerprint density at radius 1 is 1.53 bits per heavy atom. The number of ether oxygens (including phenoxy) is 1. The molecule has 1 aromatic rings. The summed E-state index contributed by atoms with van der Waals surface area (Å²) in [6.45, 7) is 0.822. The van der Waals surface area contributed by atoms with E-state index in [1.807, 2.05) is 29.2 Å². The van der Waals surface area contributed by atoms with Crippen LogP contribution < -0.4 is 4.74 Å². The number of methoxy groups -OCH3 is 1. The molecule has 0 bridgehead atoms. The van der Waals surface area contributed by atoms with Crippen molar-refractivity contribution in [1.82, 2.24) is 4.90 Å². The average molecular weight is 251 g/mol. The molecule has 1 heterocycles. The molecule has 17 heavy (non-hydrogen) atoms. The first-order chi connectivity index (χ1) is 8.27. The van der Waals surface area contributed by atoms with Gasteiger partial charge in [-0.25, -0.2) is 0 Å². The fourth-order valence-corrected chi connectivity index (χ4v) is 2.65. The van der Waals surface area contributed by atoms with Crippen LogP contribution in [0.1, 0.15) is 23.2 Å². The summed E-state index contributed by atoms with van der Waals surface area (Å²) in [5.41, 5.74) is 0.642. The Hall–Kier alpha value is -1.16. The Morgan fingerprint density at radius 2 is 2.29 bits per heavy atom. The Bertz CT molecular complexity index is 408. The van der Waals surface area contributed by atoms with Gasteiger partial charge in [-0.15, -0.1) is 0 Å². The van der Waals surface area contributed by atoms with E-state index >= 15 is 0 Å². The molecule has 0 aliphatic carbocycles. The van der Waals surface area contributed by atoms with Gasteiger partial charge in [-0.05, 0) is 25.0 Å². The molecule has 1 aliphatic heterocycles. The lowest BCUT2D eigenvalue weighted by Gasteiger charge is -2.24. The highest BCUT2D eigenvalue weighted by Crippen LogP contribution is 2.25. The smallest absolute Gasteiger partial charge is 0.257 e. The number of rotatable bonds is 3. The summed E-state index contributed by atoms with van der Waals surface area (Å²) in [5.74, 6) is 1.42. The van der Waals surface area contributed by atoms with Gasteiger partial charge in [0.05, 0.1) is 12.7 Å². The first kappa shape index (κ1) is 12.3. The van der Waals surface area contributed by atoms with Crippen LogP contribution in [0.2, 0.25) is 0 Å². The maximum absolute atomic E-state index is 12.4. The summed E-state index contributed by atoms with van der Waals surface area (Å²) in [6, 6.07) is 7.63. The molecule has 1 fully saturated rings. The zero-order valence-corrected chi connectivity index (χ0v) is 10.8. The highest BCUT2D eigenvalue weighted by atomic mass is 32.1. The van der Waals surface area contributed by atoms with Crippen LogP contribution in [0, 0.1) is 0 Å². The largest absolute Gasteiger partial charge is 0.496 e. The molecule has 4 heteroatoms. The number of hydrogen-bond donors (Lipinski definition) is 1. The third-order valence-electron chi connectivity index (χ3n) is 3.19. The average Bonchev–Trinajstić information content (AvgIpc) is 2.86. The maximum Gasteiger partial charge on any atom is 0.257 e. The van der Waals surface area contributed by atoms with Crippen molar-refractivity contribution in [3.8, 4) is 5.75 Å². The van der Waals surface area contributed by atoms with Gasteiger partial charge in [0.2, 0.25) is 0 Å².